The van der Waals surface area contributed by atoms with Crippen molar-refractivity contribution in [2.45, 2.75) is 6.92 Å². The number of rotatable bonds is 6. The van der Waals surface area contributed by atoms with E-state index in [4.69, 9.17) is 11.2 Å². The molecule has 5 heteroatoms. The van der Waals surface area contributed by atoms with Crippen molar-refractivity contribution in [3.63, 3.8) is 0 Å². The highest BCUT2D eigenvalue weighted by atomic mass is 16.5. The van der Waals surface area contributed by atoms with Crippen LogP contribution in [-0.2, 0) is 0 Å². The lowest BCUT2D eigenvalue weighted by molar-refractivity contribution is 0.0959. The first-order valence-electron chi connectivity index (χ1n) is 7.50. The van der Waals surface area contributed by atoms with E-state index in [2.05, 4.69) is 16.6 Å². The molecule has 0 unspecified atom stereocenters. The van der Waals surface area contributed by atoms with Gasteiger partial charge in [-0.2, -0.15) is 0 Å². The van der Waals surface area contributed by atoms with Gasteiger partial charge in [-0.25, -0.2) is 0 Å². The van der Waals surface area contributed by atoms with Crippen molar-refractivity contribution in [3.8, 4) is 18.1 Å². The van der Waals surface area contributed by atoms with Gasteiger partial charge >= 0.3 is 0 Å². The molecule has 0 aliphatic rings. The van der Waals surface area contributed by atoms with Crippen LogP contribution < -0.4 is 15.4 Å². The van der Waals surface area contributed by atoms with E-state index in [-0.39, 0.29) is 18.4 Å². The van der Waals surface area contributed by atoms with Crippen molar-refractivity contribution < 1.29 is 14.3 Å². The Kier molecular flexibility index (Phi) is 5.98. The van der Waals surface area contributed by atoms with Crippen LogP contribution in [0.5, 0.6) is 5.75 Å². The number of nitrogens with one attached hydrogen (secondary N) is 2. The summed E-state index contributed by atoms with van der Waals surface area (Å²) in [5, 5.41) is 5.33. The van der Waals surface area contributed by atoms with Crippen molar-refractivity contribution in [3.05, 3.63) is 59.7 Å². The third kappa shape index (κ3) is 4.37. The molecule has 0 saturated heterocycles. The second-order valence-corrected chi connectivity index (χ2v) is 4.85. The van der Waals surface area contributed by atoms with Gasteiger partial charge in [-0.1, -0.05) is 24.1 Å². The molecule has 0 fully saturated rings. The smallest absolute Gasteiger partial charge is 0.255 e. The molecule has 2 N–H and O–H groups in total. The van der Waals surface area contributed by atoms with Crippen LogP contribution in [0.25, 0.3) is 0 Å². The quantitative estimate of drug-likeness (QED) is 0.804. The van der Waals surface area contributed by atoms with E-state index >= 15 is 0 Å². The Morgan fingerprint density at radius 2 is 1.92 bits per heavy atom. The maximum Gasteiger partial charge on any atom is 0.255 e. The number of ether oxygens (including phenoxy) is 1. The Balaban J connectivity index is 2.19. The van der Waals surface area contributed by atoms with Gasteiger partial charge in [0.05, 0.1) is 24.4 Å². The number of terminal acetylenes is 1. The Bertz CT molecular complexity index is 778. The Morgan fingerprint density at radius 1 is 1.12 bits per heavy atom. The summed E-state index contributed by atoms with van der Waals surface area (Å²) in [4.78, 5) is 24.5. The van der Waals surface area contributed by atoms with Gasteiger partial charge < -0.3 is 15.4 Å². The first-order chi connectivity index (χ1) is 11.7. The summed E-state index contributed by atoms with van der Waals surface area (Å²) in [5.74, 6) is 2.29. The average Bonchev–Trinajstić information content (AvgIpc) is 2.60. The van der Waals surface area contributed by atoms with E-state index in [0.29, 0.717) is 29.2 Å². The largest absolute Gasteiger partial charge is 0.494 e. The van der Waals surface area contributed by atoms with Gasteiger partial charge in [-0.3, -0.25) is 9.59 Å². The summed E-state index contributed by atoms with van der Waals surface area (Å²) in [7, 11) is 0. The van der Waals surface area contributed by atoms with Crippen LogP contribution >= 0.6 is 0 Å². The second kappa shape index (κ2) is 8.39. The van der Waals surface area contributed by atoms with E-state index in [0.717, 1.165) is 0 Å². The zero-order valence-electron chi connectivity index (χ0n) is 13.3. The summed E-state index contributed by atoms with van der Waals surface area (Å²) in [6.07, 6.45) is 5.14. The van der Waals surface area contributed by atoms with Gasteiger partial charge in [0.15, 0.2) is 0 Å². The maximum absolute atomic E-state index is 12.4. The highest BCUT2D eigenvalue weighted by Crippen LogP contribution is 2.18. The molecule has 0 atom stereocenters. The molecule has 2 rings (SSSR count). The topological polar surface area (TPSA) is 67.4 Å². The molecule has 2 amide bonds. The Labute approximate surface area is 141 Å². The zero-order valence-corrected chi connectivity index (χ0v) is 13.3. The normalized spacial score (nSPS) is 9.67. The van der Waals surface area contributed by atoms with E-state index in [1.807, 2.05) is 6.92 Å². The number of carbonyl (C=O) groups excluding carboxylic acids is 2. The third-order valence-electron chi connectivity index (χ3n) is 3.18. The monoisotopic (exact) mass is 322 g/mol. The molecule has 0 heterocycles. The van der Waals surface area contributed by atoms with E-state index < -0.39 is 0 Å². The van der Waals surface area contributed by atoms with Crippen LogP contribution in [0.1, 0.15) is 27.6 Å². The molecule has 24 heavy (non-hydrogen) atoms. The fourth-order valence-corrected chi connectivity index (χ4v) is 2.10. The first kappa shape index (κ1) is 17.1. The lowest BCUT2D eigenvalue weighted by Crippen LogP contribution is -2.25. The Morgan fingerprint density at radius 3 is 2.67 bits per heavy atom. The van der Waals surface area contributed by atoms with Crippen LogP contribution in [0.4, 0.5) is 5.69 Å². The molecule has 5 nitrogen and oxygen atoms in total. The number of amides is 2. The maximum atomic E-state index is 12.4. The van der Waals surface area contributed by atoms with E-state index in [1.165, 1.54) is 0 Å². The summed E-state index contributed by atoms with van der Waals surface area (Å²) >= 11 is 0. The lowest BCUT2D eigenvalue weighted by atomic mass is 10.1. The minimum Gasteiger partial charge on any atom is -0.494 e. The van der Waals surface area contributed by atoms with Gasteiger partial charge in [0.25, 0.3) is 11.8 Å². The van der Waals surface area contributed by atoms with Crippen molar-refractivity contribution in [1.82, 2.24) is 5.32 Å². The Hall–Kier alpha value is -3.26. The molecular weight excluding hydrogens is 304 g/mol. The predicted octanol–water partition coefficient (Wildman–Crippen LogP) is 2.70. The number of anilines is 1. The van der Waals surface area contributed by atoms with Crippen LogP contribution in [0.2, 0.25) is 0 Å². The van der Waals surface area contributed by atoms with Gasteiger partial charge in [0.1, 0.15) is 5.75 Å². The third-order valence-corrected chi connectivity index (χ3v) is 3.18. The van der Waals surface area contributed by atoms with Gasteiger partial charge in [0, 0.05) is 5.56 Å². The van der Waals surface area contributed by atoms with Crippen molar-refractivity contribution >= 4 is 17.5 Å². The first-order valence-corrected chi connectivity index (χ1v) is 7.50. The molecule has 2 aromatic carbocycles. The second-order valence-electron chi connectivity index (χ2n) is 4.85. The molecule has 2 aromatic rings. The van der Waals surface area contributed by atoms with E-state index in [1.54, 1.807) is 48.5 Å². The number of carbonyl (C=O) groups is 2. The van der Waals surface area contributed by atoms with Crippen molar-refractivity contribution in [2.24, 2.45) is 0 Å². The molecule has 0 aliphatic heterocycles. The molecule has 0 radical (unpaired) electrons. The zero-order chi connectivity index (χ0) is 17.4. The average molecular weight is 322 g/mol. The van der Waals surface area contributed by atoms with Gasteiger partial charge in [-0.05, 0) is 37.3 Å². The lowest BCUT2D eigenvalue weighted by Gasteiger charge is -2.11. The van der Waals surface area contributed by atoms with Gasteiger partial charge in [0.2, 0.25) is 0 Å². The van der Waals surface area contributed by atoms with Crippen LogP contribution in [0.3, 0.4) is 0 Å². The fourth-order valence-electron chi connectivity index (χ4n) is 2.10. The number of hydrogen-bond donors (Lipinski definition) is 2. The van der Waals surface area contributed by atoms with E-state index in [9.17, 15) is 9.59 Å². The minimum atomic E-state index is -0.341. The SMILES string of the molecule is C#CCNC(=O)c1ccccc1NC(=O)c1cccc(OCC)c1. The summed E-state index contributed by atoms with van der Waals surface area (Å²) < 4.78 is 5.39. The molecule has 122 valence electrons. The fraction of sp³-hybridized carbons (Fsp3) is 0.158. The minimum absolute atomic E-state index is 0.123. The van der Waals surface area contributed by atoms with Crippen LogP contribution in [0, 0.1) is 12.3 Å². The molecular formula is C19H18N2O3. The number of benzene rings is 2. The van der Waals surface area contributed by atoms with Crippen LogP contribution in [0.15, 0.2) is 48.5 Å². The summed E-state index contributed by atoms with van der Waals surface area (Å²) in [6, 6.07) is 13.6. The summed E-state index contributed by atoms with van der Waals surface area (Å²) in [6.45, 7) is 2.51. The highest BCUT2D eigenvalue weighted by molar-refractivity contribution is 6.09. The van der Waals surface area contributed by atoms with Crippen molar-refractivity contribution in [2.75, 3.05) is 18.5 Å². The van der Waals surface area contributed by atoms with Crippen LogP contribution in [-0.4, -0.2) is 25.0 Å². The molecule has 0 saturated carbocycles. The molecule has 0 aromatic heterocycles. The molecule has 0 bridgehead atoms. The number of para-hydroxylation sites is 1. The standard InChI is InChI=1S/C19H18N2O3/c1-3-12-20-19(23)16-10-5-6-11-17(16)21-18(22)14-8-7-9-15(13-14)24-4-2/h1,5-11,13H,4,12H2,2H3,(H,20,23)(H,21,22). The molecule has 0 spiro atoms. The number of hydrogen-bond acceptors (Lipinski definition) is 3. The molecule has 0 aliphatic carbocycles. The predicted molar refractivity (Wildman–Crippen MR) is 93.2 cm³/mol. The summed E-state index contributed by atoms with van der Waals surface area (Å²) in [5.41, 5.74) is 1.21. The van der Waals surface area contributed by atoms with Gasteiger partial charge in [-0.15, -0.1) is 6.42 Å². The highest BCUT2D eigenvalue weighted by Gasteiger charge is 2.14. The van der Waals surface area contributed by atoms with Crippen molar-refractivity contribution in [1.29, 1.82) is 0 Å².